The molecular formula is C19H16FN5O3S. The van der Waals surface area contributed by atoms with Crippen LogP contribution in [0.25, 0.3) is 28.0 Å². The Morgan fingerprint density at radius 3 is 2.45 bits per heavy atom. The van der Waals surface area contributed by atoms with Gasteiger partial charge in [-0.15, -0.1) is 5.10 Å². The zero-order valence-electron chi connectivity index (χ0n) is 15.5. The molecule has 0 saturated heterocycles. The summed E-state index contributed by atoms with van der Waals surface area (Å²) in [6, 6.07) is 13.2. The van der Waals surface area contributed by atoms with Gasteiger partial charge in [-0.05, 0) is 24.3 Å². The zero-order chi connectivity index (χ0) is 20.8. The molecule has 10 heteroatoms. The Morgan fingerprint density at radius 1 is 1.10 bits per heavy atom. The number of rotatable bonds is 4. The first-order valence-corrected chi connectivity index (χ1v) is 10.3. The molecule has 0 amide bonds. The van der Waals surface area contributed by atoms with E-state index in [0.717, 1.165) is 6.26 Å². The Morgan fingerprint density at radius 2 is 1.83 bits per heavy atom. The molecule has 0 aliphatic rings. The maximum Gasteiger partial charge on any atom is 0.249 e. The number of sulfone groups is 1. The van der Waals surface area contributed by atoms with Crippen LogP contribution in [0.4, 0.5) is 10.2 Å². The summed E-state index contributed by atoms with van der Waals surface area (Å²) in [6.07, 6.45) is 0.972. The number of fused-ring (bicyclic) bond motifs is 1. The number of para-hydroxylation sites is 1. The van der Waals surface area contributed by atoms with Crippen molar-refractivity contribution >= 4 is 26.7 Å². The van der Waals surface area contributed by atoms with Crippen molar-refractivity contribution in [1.29, 1.82) is 0 Å². The number of anilines is 1. The van der Waals surface area contributed by atoms with E-state index in [-0.39, 0.29) is 28.1 Å². The third-order valence-electron chi connectivity index (χ3n) is 4.31. The molecule has 0 atom stereocenters. The number of nitrogens with zero attached hydrogens (tertiary/aromatic N) is 4. The van der Waals surface area contributed by atoms with Crippen LogP contribution >= 0.6 is 0 Å². The summed E-state index contributed by atoms with van der Waals surface area (Å²) in [6.45, 7) is 0. The molecule has 148 valence electrons. The van der Waals surface area contributed by atoms with E-state index >= 15 is 0 Å². The molecule has 4 rings (SSSR count). The average molecular weight is 413 g/mol. The van der Waals surface area contributed by atoms with E-state index in [1.807, 2.05) is 6.07 Å². The molecule has 0 aliphatic heterocycles. The largest absolute Gasteiger partial charge is 0.497 e. The smallest absolute Gasteiger partial charge is 0.249 e. The van der Waals surface area contributed by atoms with Crippen molar-refractivity contribution in [2.45, 2.75) is 5.16 Å². The van der Waals surface area contributed by atoms with E-state index in [1.165, 1.54) is 23.9 Å². The topological polar surface area (TPSA) is 113 Å². The van der Waals surface area contributed by atoms with Crippen LogP contribution < -0.4 is 10.5 Å². The minimum Gasteiger partial charge on any atom is -0.497 e. The van der Waals surface area contributed by atoms with Crippen molar-refractivity contribution in [2.24, 2.45) is 0 Å². The minimum atomic E-state index is -3.78. The standard InChI is InChI=1S/C19H16FN5O3S/c1-28-12-8-9-13(14(20)10-12)16-15-17(21)25(11-6-4-3-5-7-11)24-18(15)23-19(22-16)29(2,26)27/h3-10H,21H2,1-2H3. The Kier molecular flexibility index (Phi) is 4.42. The molecule has 0 aliphatic carbocycles. The lowest BCUT2D eigenvalue weighted by molar-refractivity contribution is 0.411. The number of halogens is 1. The molecule has 2 aromatic carbocycles. The van der Waals surface area contributed by atoms with Gasteiger partial charge in [-0.3, -0.25) is 0 Å². The van der Waals surface area contributed by atoms with Gasteiger partial charge in [-0.1, -0.05) is 18.2 Å². The van der Waals surface area contributed by atoms with Crippen molar-refractivity contribution in [3.8, 4) is 22.7 Å². The first-order valence-electron chi connectivity index (χ1n) is 8.45. The third kappa shape index (κ3) is 3.27. The van der Waals surface area contributed by atoms with Gasteiger partial charge in [0.2, 0.25) is 15.0 Å². The molecule has 0 unspecified atom stereocenters. The van der Waals surface area contributed by atoms with Crippen LogP contribution in [0.5, 0.6) is 5.75 Å². The fourth-order valence-electron chi connectivity index (χ4n) is 2.93. The number of hydrogen-bond donors (Lipinski definition) is 1. The van der Waals surface area contributed by atoms with Crippen molar-refractivity contribution in [3.05, 3.63) is 54.3 Å². The van der Waals surface area contributed by atoms with Gasteiger partial charge in [-0.2, -0.15) is 4.98 Å². The van der Waals surface area contributed by atoms with Crippen LogP contribution in [-0.2, 0) is 9.84 Å². The summed E-state index contributed by atoms with van der Waals surface area (Å²) >= 11 is 0. The molecule has 4 aromatic rings. The zero-order valence-corrected chi connectivity index (χ0v) is 16.3. The second kappa shape index (κ2) is 6.82. The summed E-state index contributed by atoms with van der Waals surface area (Å²) in [7, 11) is -2.36. The number of nitrogen functional groups attached to an aromatic ring is 1. The maximum atomic E-state index is 14.8. The fourth-order valence-corrected chi connectivity index (χ4v) is 3.44. The van der Waals surface area contributed by atoms with Crippen LogP contribution in [0, 0.1) is 5.82 Å². The lowest BCUT2D eigenvalue weighted by Crippen LogP contribution is -2.06. The van der Waals surface area contributed by atoms with E-state index in [4.69, 9.17) is 10.5 Å². The third-order valence-corrected chi connectivity index (χ3v) is 5.16. The van der Waals surface area contributed by atoms with Gasteiger partial charge in [0.1, 0.15) is 17.4 Å². The molecule has 29 heavy (non-hydrogen) atoms. The Bertz CT molecular complexity index is 1340. The van der Waals surface area contributed by atoms with Gasteiger partial charge in [0, 0.05) is 17.9 Å². The quantitative estimate of drug-likeness (QED) is 0.512. The van der Waals surface area contributed by atoms with Gasteiger partial charge < -0.3 is 10.5 Å². The molecule has 2 heterocycles. The number of aromatic nitrogens is 4. The van der Waals surface area contributed by atoms with Gasteiger partial charge in [0.25, 0.3) is 0 Å². The molecule has 2 aromatic heterocycles. The van der Waals surface area contributed by atoms with Crippen molar-refractivity contribution in [2.75, 3.05) is 19.1 Å². The molecule has 8 nitrogen and oxygen atoms in total. The van der Waals surface area contributed by atoms with Crippen LogP contribution in [-0.4, -0.2) is 41.5 Å². The number of ether oxygens (including phenoxy) is 1. The normalized spacial score (nSPS) is 11.7. The van der Waals surface area contributed by atoms with Crippen LogP contribution in [0.15, 0.2) is 53.7 Å². The first-order chi connectivity index (χ1) is 13.8. The Hall–Kier alpha value is -3.53. The second-order valence-corrected chi connectivity index (χ2v) is 8.21. The minimum absolute atomic E-state index is 0.0373. The van der Waals surface area contributed by atoms with Crippen molar-refractivity contribution < 1.29 is 17.5 Å². The Balaban J connectivity index is 2.08. The highest BCUT2D eigenvalue weighted by atomic mass is 32.2. The number of benzene rings is 2. The predicted octanol–water partition coefficient (Wildman–Crippen LogP) is 2.62. The highest BCUT2D eigenvalue weighted by Gasteiger charge is 2.24. The lowest BCUT2D eigenvalue weighted by atomic mass is 10.1. The number of nitrogens with two attached hydrogens (primary N) is 1. The summed E-state index contributed by atoms with van der Waals surface area (Å²) in [5, 5.41) is 4.13. The van der Waals surface area contributed by atoms with E-state index < -0.39 is 20.8 Å². The fraction of sp³-hybridized carbons (Fsp3) is 0.105. The van der Waals surface area contributed by atoms with Crippen molar-refractivity contribution in [3.63, 3.8) is 0 Å². The van der Waals surface area contributed by atoms with Gasteiger partial charge in [0.15, 0.2) is 5.65 Å². The molecule has 0 fully saturated rings. The molecule has 0 saturated carbocycles. The summed E-state index contributed by atoms with van der Waals surface area (Å²) < 4.78 is 45.4. The SMILES string of the molecule is COc1ccc(-c2nc(S(C)(=O)=O)nc3nn(-c4ccccc4)c(N)c23)c(F)c1. The Labute approximate surface area is 165 Å². The second-order valence-electron chi connectivity index (χ2n) is 6.30. The van der Waals surface area contributed by atoms with E-state index in [1.54, 1.807) is 30.3 Å². The number of hydrogen-bond acceptors (Lipinski definition) is 7. The molecule has 2 N–H and O–H groups in total. The van der Waals surface area contributed by atoms with E-state index in [0.29, 0.717) is 11.4 Å². The maximum absolute atomic E-state index is 14.8. The molecule has 0 bridgehead atoms. The highest BCUT2D eigenvalue weighted by Crippen LogP contribution is 2.34. The van der Waals surface area contributed by atoms with Crippen molar-refractivity contribution in [1.82, 2.24) is 19.7 Å². The predicted molar refractivity (Wildman–Crippen MR) is 106 cm³/mol. The van der Waals surface area contributed by atoms with Gasteiger partial charge in [-0.25, -0.2) is 22.5 Å². The van der Waals surface area contributed by atoms with Gasteiger partial charge in [0.05, 0.1) is 23.9 Å². The highest BCUT2D eigenvalue weighted by molar-refractivity contribution is 7.90. The first kappa shape index (κ1) is 18.8. The van der Waals surface area contributed by atoms with Gasteiger partial charge >= 0.3 is 0 Å². The molecule has 0 spiro atoms. The van der Waals surface area contributed by atoms with E-state index in [9.17, 15) is 12.8 Å². The summed E-state index contributed by atoms with van der Waals surface area (Å²) in [5.74, 6) is -0.167. The average Bonchev–Trinajstić information content (AvgIpc) is 3.04. The van der Waals surface area contributed by atoms with Crippen LogP contribution in [0.3, 0.4) is 0 Å². The summed E-state index contributed by atoms with van der Waals surface area (Å²) in [4.78, 5) is 8.16. The summed E-state index contributed by atoms with van der Waals surface area (Å²) in [5.41, 5.74) is 7.09. The van der Waals surface area contributed by atoms with Crippen LogP contribution in [0.2, 0.25) is 0 Å². The van der Waals surface area contributed by atoms with E-state index in [2.05, 4.69) is 15.1 Å². The molecular weight excluding hydrogens is 397 g/mol. The van der Waals surface area contributed by atoms with Crippen LogP contribution in [0.1, 0.15) is 0 Å². The monoisotopic (exact) mass is 413 g/mol. The lowest BCUT2D eigenvalue weighted by Gasteiger charge is -2.08. The molecule has 0 radical (unpaired) electrons. The number of methoxy groups -OCH3 is 1.